The fraction of sp³-hybridized carbons (Fsp3) is 0.100. The zero-order chi connectivity index (χ0) is 20.6. The van der Waals surface area contributed by atoms with Crippen LogP contribution in [0.5, 0.6) is 0 Å². The SMILES string of the molecule is COC(=O)C1=C(C)N(c2ccc(Cl)c(Cl)c2)C(=O)/C1=C\c1c(Cl)cccc1Cl. The normalized spacial score (nSPS) is 15.6. The van der Waals surface area contributed by atoms with Gasteiger partial charge in [0.15, 0.2) is 0 Å². The average molecular weight is 457 g/mol. The van der Waals surface area contributed by atoms with E-state index in [0.717, 1.165) is 0 Å². The number of allylic oxidation sites excluding steroid dienone is 1. The molecule has 8 heteroatoms. The van der Waals surface area contributed by atoms with E-state index in [1.807, 2.05) is 0 Å². The van der Waals surface area contributed by atoms with E-state index in [2.05, 4.69) is 0 Å². The van der Waals surface area contributed by atoms with Crippen LogP contribution in [0.15, 0.2) is 53.2 Å². The van der Waals surface area contributed by atoms with E-state index in [-0.39, 0.29) is 16.2 Å². The molecule has 0 atom stereocenters. The van der Waals surface area contributed by atoms with Crippen molar-refractivity contribution in [2.24, 2.45) is 0 Å². The molecule has 0 saturated carbocycles. The number of nitrogens with zero attached hydrogens (tertiary/aromatic N) is 1. The highest BCUT2D eigenvalue weighted by atomic mass is 35.5. The third-order valence-corrected chi connectivity index (χ3v) is 5.64. The molecule has 4 nitrogen and oxygen atoms in total. The number of benzene rings is 2. The van der Waals surface area contributed by atoms with Gasteiger partial charge in [0, 0.05) is 21.3 Å². The van der Waals surface area contributed by atoms with E-state index in [1.165, 1.54) is 18.1 Å². The van der Waals surface area contributed by atoms with Crippen molar-refractivity contribution < 1.29 is 14.3 Å². The first-order valence-corrected chi connectivity index (χ1v) is 9.52. The molecule has 2 aromatic carbocycles. The monoisotopic (exact) mass is 455 g/mol. The quantitative estimate of drug-likeness (QED) is 0.409. The standard InChI is InChI=1S/C20H13Cl4NO3/c1-10-18(20(27)28-2)13(9-12-14(21)4-3-5-15(12)22)19(26)25(10)11-6-7-16(23)17(24)8-11/h3-9H,1-2H3/b13-9-. The summed E-state index contributed by atoms with van der Waals surface area (Å²) in [6.07, 6.45) is 1.49. The summed E-state index contributed by atoms with van der Waals surface area (Å²) in [6.45, 7) is 1.64. The lowest BCUT2D eigenvalue weighted by Gasteiger charge is -2.18. The molecule has 0 N–H and O–H groups in total. The van der Waals surface area contributed by atoms with Crippen molar-refractivity contribution in [2.75, 3.05) is 12.0 Å². The topological polar surface area (TPSA) is 46.6 Å². The van der Waals surface area contributed by atoms with E-state index >= 15 is 0 Å². The number of carbonyl (C=O) groups excluding carboxylic acids is 2. The van der Waals surface area contributed by atoms with Gasteiger partial charge in [-0.15, -0.1) is 0 Å². The molecule has 3 rings (SSSR count). The summed E-state index contributed by atoms with van der Waals surface area (Å²) in [6, 6.07) is 9.73. The van der Waals surface area contributed by atoms with E-state index in [4.69, 9.17) is 51.1 Å². The van der Waals surface area contributed by atoms with Crippen LogP contribution in [0.25, 0.3) is 6.08 Å². The van der Waals surface area contributed by atoms with Gasteiger partial charge in [-0.3, -0.25) is 9.69 Å². The van der Waals surface area contributed by atoms with Crippen molar-refractivity contribution >= 4 is 70.0 Å². The van der Waals surface area contributed by atoms with Gasteiger partial charge in [-0.05, 0) is 43.3 Å². The van der Waals surface area contributed by atoms with Crippen LogP contribution in [0, 0.1) is 0 Å². The lowest BCUT2D eigenvalue weighted by Crippen LogP contribution is -2.24. The van der Waals surface area contributed by atoms with Gasteiger partial charge in [-0.1, -0.05) is 52.5 Å². The van der Waals surface area contributed by atoms with E-state index in [1.54, 1.807) is 43.3 Å². The second kappa shape index (κ2) is 8.18. The molecule has 144 valence electrons. The third kappa shape index (κ3) is 3.65. The Morgan fingerprint density at radius 2 is 1.64 bits per heavy atom. The first-order chi connectivity index (χ1) is 13.3. The fourth-order valence-electron chi connectivity index (χ4n) is 2.91. The largest absolute Gasteiger partial charge is 0.465 e. The van der Waals surface area contributed by atoms with Crippen molar-refractivity contribution in [2.45, 2.75) is 6.92 Å². The summed E-state index contributed by atoms with van der Waals surface area (Å²) < 4.78 is 4.88. The van der Waals surface area contributed by atoms with Gasteiger partial charge in [0.1, 0.15) is 0 Å². The number of amides is 1. The Morgan fingerprint density at radius 3 is 2.21 bits per heavy atom. The Labute approximate surface area is 181 Å². The van der Waals surface area contributed by atoms with Gasteiger partial charge >= 0.3 is 5.97 Å². The number of ether oxygens (including phenoxy) is 1. The molecular weight excluding hydrogens is 444 g/mol. The number of halogens is 4. The summed E-state index contributed by atoms with van der Waals surface area (Å²) >= 11 is 24.5. The van der Waals surface area contributed by atoms with Crippen LogP contribution in [0.3, 0.4) is 0 Å². The van der Waals surface area contributed by atoms with Crippen LogP contribution in [0.1, 0.15) is 12.5 Å². The van der Waals surface area contributed by atoms with Gasteiger partial charge in [0.25, 0.3) is 5.91 Å². The summed E-state index contributed by atoms with van der Waals surface area (Å²) in [4.78, 5) is 27.0. The first-order valence-electron chi connectivity index (χ1n) is 8.01. The Hall–Kier alpha value is -1.98. The Balaban J connectivity index is 2.21. The molecule has 2 aromatic rings. The summed E-state index contributed by atoms with van der Waals surface area (Å²) in [7, 11) is 1.25. The predicted octanol–water partition coefficient (Wildman–Crippen LogP) is 6.18. The van der Waals surface area contributed by atoms with Crippen molar-refractivity contribution in [1.29, 1.82) is 0 Å². The van der Waals surface area contributed by atoms with Gasteiger partial charge in [0.2, 0.25) is 0 Å². The van der Waals surface area contributed by atoms with Crippen LogP contribution >= 0.6 is 46.4 Å². The van der Waals surface area contributed by atoms with E-state index in [0.29, 0.717) is 32.0 Å². The molecule has 0 fully saturated rings. The number of esters is 1. The minimum Gasteiger partial charge on any atom is -0.465 e. The average Bonchev–Trinajstić information content (AvgIpc) is 2.90. The zero-order valence-corrected chi connectivity index (χ0v) is 17.7. The number of carbonyl (C=O) groups is 2. The maximum Gasteiger partial charge on any atom is 0.340 e. The molecule has 0 spiro atoms. The fourth-order valence-corrected chi connectivity index (χ4v) is 3.71. The number of anilines is 1. The molecule has 28 heavy (non-hydrogen) atoms. The van der Waals surface area contributed by atoms with Crippen LogP contribution in [0.2, 0.25) is 20.1 Å². The minimum atomic E-state index is -0.650. The maximum absolute atomic E-state index is 13.2. The molecule has 0 aliphatic carbocycles. The lowest BCUT2D eigenvalue weighted by molar-refractivity contribution is -0.136. The molecule has 0 saturated heterocycles. The minimum absolute atomic E-state index is 0.116. The molecule has 0 bridgehead atoms. The molecular formula is C20H13Cl4NO3. The van der Waals surface area contributed by atoms with Gasteiger partial charge in [-0.2, -0.15) is 0 Å². The lowest BCUT2D eigenvalue weighted by atomic mass is 10.0. The molecule has 0 radical (unpaired) electrons. The van der Waals surface area contributed by atoms with E-state index < -0.39 is 11.9 Å². The number of hydrogen-bond donors (Lipinski definition) is 0. The molecule has 1 aliphatic rings. The second-order valence-electron chi connectivity index (χ2n) is 5.88. The Kier molecular flexibility index (Phi) is 6.06. The number of methoxy groups -OCH3 is 1. The Morgan fingerprint density at radius 1 is 1.00 bits per heavy atom. The van der Waals surface area contributed by atoms with Gasteiger partial charge in [-0.25, -0.2) is 4.79 Å². The summed E-state index contributed by atoms with van der Waals surface area (Å²) in [5.41, 5.74) is 1.52. The highest BCUT2D eigenvalue weighted by Crippen LogP contribution is 2.39. The zero-order valence-electron chi connectivity index (χ0n) is 14.7. The van der Waals surface area contributed by atoms with Crippen LogP contribution in [-0.4, -0.2) is 19.0 Å². The molecule has 1 heterocycles. The smallest absolute Gasteiger partial charge is 0.340 e. The van der Waals surface area contributed by atoms with Crippen LogP contribution in [-0.2, 0) is 14.3 Å². The van der Waals surface area contributed by atoms with Crippen molar-refractivity contribution in [3.63, 3.8) is 0 Å². The van der Waals surface area contributed by atoms with Crippen LogP contribution < -0.4 is 4.90 Å². The molecule has 0 aromatic heterocycles. The van der Waals surface area contributed by atoms with Crippen LogP contribution in [0.4, 0.5) is 5.69 Å². The first kappa shape index (κ1) is 20.7. The van der Waals surface area contributed by atoms with Gasteiger partial charge in [0.05, 0.1) is 34.0 Å². The van der Waals surface area contributed by atoms with Crippen molar-refractivity contribution in [3.05, 3.63) is 78.9 Å². The highest BCUT2D eigenvalue weighted by Gasteiger charge is 2.38. The van der Waals surface area contributed by atoms with E-state index in [9.17, 15) is 9.59 Å². The second-order valence-corrected chi connectivity index (χ2v) is 7.51. The number of rotatable bonds is 3. The molecule has 0 unspecified atom stereocenters. The maximum atomic E-state index is 13.2. The molecule has 1 aliphatic heterocycles. The highest BCUT2D eigenvalue weighted by molar-refractivity contribution is 6.42. The van der Waals surface area contributed by atoms with Gasteiger partial charge < -0.3 is 4.74 Å². The number of hydrogen-bond acceptors (Lipinski definition) is 3. The predicted molar refractivity (Wildman–Crippen MR) is 113 cm³/mol. The van der Waals surface area contributed by atoms with Crippen molar-refractivity contribution in [3.8, 4) is 0 Å². The third-order valence-electron chi connectivity index (χ3n) is 4.24. The summed E-state index contributed by atoms with van der Waals surface area (Å²) in [5.74, 6) is -1.09. The Bertz CT molecular complexity index is 1040. The summed E-state index contributed by atoms with van der Waals surface area (Å²) in [5, 5.41) is 1.33. The van der Waals surface area contributed by atoms with Crippen molar-refractivity contribution in [1.82, 2.24) is 0 Å². The molecule has 1 amide bonds.